The highest BCUT2D eigenvalue weighted by Crippen LogP contribution is 2.33. The molecule has 0 spiro atoms. The van der Waals surface area contributed by atoms with Crippen molar-refractivity contribution in [3.63, 3.8) is 0 Å². The van der Waals surface area contributed by atoms with E-state index in [9.17, 15) is 18.0 Å². The summed E-state index contributed by atoms with van der Waals surface area (Å²) in [7, 11) is 0. The Hall–Kier alpha value is -1.38. The molecule has 9 heteroatoms. The van der Waals surface area contributed by atoms with Gasteiger partial charge in [0, 0.05) is 0 Å². The van der Waals surface area contributed by atoms with Gasteiger partial charge in [0.25, 0.3) is 5.19 Å². The Balaban J connectivity index is 2.50. The van der Waals surface area contributed by atoms with Gasteiger partial charge in [-0.15, -0.1) is 5.10 Å². The van der Waals surface area contributed by atoms with E-state index in [0.29, 0.717) is 0 Å². The summed E-state index contributed by atoms with van der Waals surface area (Å²) in [5, 5.41) is 4.57. The van der Waals surface area contributed by atoms with Crippen molar-refractivity contribution in [3.8, 4) is 5.19 Å². The van der Waals surface area contributed by atoms with Crippen LogP contribution in [0.15, 0.2) is 0 Å². The molecule has 0 bridgehead atoms. The normalized spacial score (nSPS) is 11.2. The summed E-state index contributed by atoms with van der Waals surface area (Å²) in [5.74, 6) is -0.675. The lowest BCUT2D eigenvalue weighted by molar-refractivity contribution is -0.145. The van der Waals surface area contributed by atoms with Crippen LogP contribution < -0.4 is 4.74 Å². The van der Waals surface area contributed by atoms with Gasteiger partial charge in [0.15, 0.2) is 6.61 Å². The predicted octanol–water partition coefficient (Wildman–Crippen LogP) is 1.50. The van der Waals surface area contributed by atoms with Gasteiger partial charge >= 0.3 is 12.1 Å². The first-order valence-electron chi connectivity index (χ1n) is 4.12. The van der Waals surface area contributed by atoms with E-state index in [1.54, 1.807) is 6.92 Å². The first-order valence-corrected chi connectivity index (χ1v) is 4.94. The molecule has 1 rings (SSSR count). The molecule has 16 heavy (non-hydrogen) atoms. The molecule has 0 radical (unpaired) electrons. The van der Waals surface area contributed by atoms with Crippen LogP contribution in [0.1, 0.15) is 11.9 Å². The van der Waals surface area contributed by atoms with Crippen molar-refractivity contribution in [1.82, 2.24) is 10.2 Å². The average molecular weight is 256 g/mol. The zero-order valence-electron chi connectivity index (χ0n) is 8.08. The fourth-order valence-corrected chi connectivity index (χ4v) is 1.27. The molecule has 1 aromatic heterocycles. The van der Waals surface area contributed by atoms with E-state index in [2.05, 4.69) is 19.7 Å². The lowest BCUT2D eigenvalue weighted by Crippen LogP contribution is -2.14. The molecule has 1 aromatic rings. The first kappa shape index (κ1) is 12.7. The number of carbonyl (C=O) groups is 1. The Kier molecular flexibility index (Phi) is 4.05. The maximum absolute atomic E-state index is 12.1. The van der Waals surface area contributed by atoms with E-state index >= 15 is 0 Å². The highest BCUT2D eigenvalue weighted by Gasteiger charge is 2.36. The monoisotopic (exact) mass is 256 g/mol. The Labute approximate surface area is 92.2 Å². The Bertz CT molecular complexity index is 366. The standard InChI is InChI=1S/C7H7F3N2O3S/c1-2-14-4(13)3-15-6-12-11-5(16-6)7(8,9)10/h2-3H2,1H3. The summed E-state index contributed by atoms with van der Waals surface area (Å²) in [6.07, 6.45) is -4.55. The number of aromatic nitrogens is 2. The third-order valence-electron chi connectivity index (χ3n) is 1.27. The second-order valence-electron chi connectivity index (χ2n) is 2.46. The summed E-state index contributed by atoms with van der Waals surface area (Å²) in [4.78, 5) is 10.8. The fraction of sp³-hybridized carbons (Fsp3) is 0.571. The van der Waals surface area contributed by atoms with E-state index in [0.717, 1.165) is 0 Å². The van der Waals surface area contributed by atoms with Crippen LogP contribution in [-0.2, 0) is 15.7 Å². The summed E-state index contributed by atoms with van der Waals surface area (Å²) < 4.78 is 45.4. The molecule has 1 heterocycles. The van der Waals surface area contributed by atoms with Gasteiger partial charge in [-0.1, -0.05) is 16.4 Å². The number of hydrogen-bond donors (Lipinski definition) is 0. The van der Waals surface area contributed by atoms with Crippen LogP contribution in [0.25, 0.3) is 0 Å². The van der Waals surface area contributed by atoms with Crippen LogP contribution in [-0.4, -0.2) is 29.4 Å². The molecular weight excluding hydrogens is 249 g/mol. The average Bonchev–Trinajstić information content (AvgIpc) is 2.63. The summed E-state index contributed by atoms with van der Waals surface area (Å²) >= 11 is 0.223. The van der Waals surface area contributed by atoms with E-state index < -0.39 is 23.8 Å². The van der Waals surface area contributed by atoms with Gasteiger partial charge in [-0.3, -0.25) is 0 Å². The highest BCUT2D eigenvalue weighted by molar-refractivity contribution is 7.13. The predicted molar refractivity (Wildman–Crippen MR) is 47.0 cm³/mol. The molecule has 0 amide bonds. The minimum Gasteiger partial charge on any atom is -0.463 e. The second kappa shape index (κ2) is 5.10. The largest absolute Gasteiger partial charge is 0.463 e. The van der Waals surface area contributed by atoms with Gasteiger partial charge in [0.2, 0.25) is 5.01 Å². The fourth-order valence-electron chi connectivity index (χ4n) is 0.706. The number of halogens is 3. The number of alkyl halides is 3. The maximum atomic E-state index is 12.1. The Morgan fingerprint density at radius 1 is 1.44 bits per heavy atom. The number of esters is 1. The van der Waals surface area contributed by atoms with Crippen LogP contribution in [0.3, 0.4) is 0 Å². The zero-order chi connectivity index (χ0) is 12.2. The maximum Gasteiger partial charge on any atom is 0.445 e. The topological polar surface area (TPSA) is 61.3 Å². The SMILES string of the molecule is CCOC(=O)COc1nnc(C(F)(F)F)s1. The van der Waals surface area contributed by atoms with Crippen molar-refractivity contribution in [2.24, 2.45) is 0 Å². The molecule has 0 unspecified atom stereocenters. The molecule has 0 fully saturated rings. The molecule has 0 aliphatic carbocycles. The third kappa shape index (κ3) is 3.65. The molecule has 90 valence electrons. The third-order valence-corrected chi connectivity index (χ3v) is 2.15. The van der Waals surface area contributed by atoms with Gasteiger partial charge in [-0.05, 0) is 6.92 Å². The van der Waals surface area contributed by atoms with Crippen molar-refractivity contribution >= 4 is 17.3 Å². The van der Waals surface area contributed by atoms with Crippen LogP contribution in [0.2, 0.25) is 0 Å². The van der Waals surface area contributed by atoms with Gasteiger partial charge in [-0.2, -0.15) is 13.2 Å². The van der Waals surface area contributed by atoms with Crippen LogP contribution in [0.5, 0.6) is 5.19 Å². The lowest BCUT2D eigenvalue weighted by atomic mass is 10.7. The minimum atomic E-state index is -4.55. The molecular formula is C7H7F3N2O3S. The van der Waals surface area contributed by atoms with E-state index in [-0.39, 0.29) is 23.1 Å². The summed E-state index contributed by atoms with van der Waals surface area (Å²) in [5.41, 5.74) is 0. The Morgan fingerprint density at radius 2 is 2.12 bits per heavy atom. The second-order valence-corrected chi connectivity index (χ2v) is 3.40. The molecule has 0 aliphatic heterocycles. The van der Waals surface area contributed by atoms with E-state index in [1.165, 1.54) is 0 Å². The molecule has 0 atom stereocenters. The summed E-state index contributed by atoms with van der Waals surface area (Å²) in [6.45, 7) is 1.29. The van der Waals surface area contributed by atoms with Gasteiger partial charge < -0.3 is 9.47 Å². The van der Waals surface area contributed by atoms with Crippen molar-refractivity contribution in [1.29, 1.82) is 0 Å². The molecule has 0 saturated carbocycles. The molecule has 0 N–H and O–H groups in total. The van der Waals surface area contributed by atoms with Crippen molar-refractivity contribution in [2.45, 2.75) is 13.1 Å². The molecule has 0 aliphatic rings. The first-order chi connectivity index (χ1) is 7.43. The quantitative estimate of drug-likeness (QED) is 0.764. The number of nitrogens with zero attached hydrogens (tertiary/aromatic N) is 2. The van der Waals surface area contributed by atoms with Gasteiger partial charge in [0.1, 0.15) is 0 Å². The van der Waals surface area contributed by atoms with Crippen molar-refractivity contribution < 1.29 is 27.4 Å². The number of ether oxygens (including phenoxy) is 2. The summed E-state index contributed by atoms with van der Waals surface area (Å²) in [6, 6.07) is 0. The van der Waals surface area contributed by atoms with Crippen LogP contribution >= 0.6 is 11.3 Å². The molecule has 0 aromatic carbocycles. The lowest BCUT2D eigenvalue weighted by Gasteiger charge is -2.01. The van der Waals surface area contributed by atoms with Gasteiger partial charge in [0.05, 0.1) is 6.61 Å². The van der Waals surface area contributed by atoms with Crippen molar-refractivity contribution in [3.05, 3.63) is 5.01 Å². The number of hydrogen-bond acceptors (Lipinski definition) is 6. The van der Waals surface area contributed by atoms with Crippen LogP contribution in [0.4, 0.5) is 13.2 Å². The number of rotatable bonds is 4. The molecule has 5 nitrogen and oxygen atoms in total. The van der Waals surface area contributed by atoms with Gasteiger partial charge in [-0.25, -0.2) is 4.79 Å². The van der Waals surface area contributed by atoms with Crippen LogP contribution in [0, 0.1) is 0 Å². The smallest absolute Gasteiger partial charge is 0.445 e. The zero-order valence-corrected chi connectivity index (χ0v) is 8.89. The Morgan fingerprint density at radius 3 is 2.62 bits per heavy atom. The van der Waals surface area contributed by atoms with Crippen molar-refractivity contribution in [2.75, 3.05) is 13.2 Å². The highest BCUT2D eigenvalue weighted by atomic mass is 32.1. The van der Waals surface area contributed by atoms with E-state index in [4.69, 9.17) is 0 Å². The molecule has 0 saturated heterocycles. The van der Waals surface area contributed by atoms with E-state index in [1.807, 2.05) is 0 Å². The minimum absolute atomic E-state index is 0.173. The number of carbonyl (C=O) groups excluding carboxylic acids is 1.